The molecule has 244 valence electrons. The Morgan fingerprint density at radius 3 is 1.71 bits per heavy atom. The lowest BCUT2D eigenvalue weighted by atomic mass is 9.90. The smallest absolute Gasteiger partial charge is 0.337 e. The van der Waals surface area contributed by atoms with Gasteiger partial charge in [0.25, 0.3) is 0 Å². The highest BCUT2D eigenvalue weighted by atomic mass is 32.1. The number of allylic oxidation sites excluding steroid dienone is 2. The highest BCUT2D eigenvalue weighted by molar-refractivity contribution is 7.16. The Bertz CT molecular complexity index is 2110. The van der Waals surface area contributed by atoms with Crippen molar-refractivity contribution in [3.05, 3.63) is 122 Å². The second kappa shape index (κ2) is 11.3. The molecule has 0 radical (unpaired) electrons. The van der Waals surface area contributed by atoms with E-state index in [-0.39, 0.29) is 32.0 Å². The van der Waals surface area contributed by atoms with Crippen LogP contribution in [0, 0.1) is 27.7 Å². The fourth-order valence-corrected chi connectivity index (χ4v) is 8.56. The van der Waals surface area contributed by atoms with Crippen molar-refractivity contribution in [2.75, 3.05) is 0 Å². The predicted molar refractivity (Wildman–Crippen MR) is 183 cm³/mol. The van der Waals surface area contributed by atoms with Crippen LogP contribution in [0.3, 0.4) is 0 Å². The van der Waals surface area contributed by atoms with Gasteiger partial charge in [0, 0.05) is 53.6 Å². The first-order valence-electron chi connectivity index (χ1n) is 15.1. The molecule has 0 spiro atoms. The van der Waals surface area contributed by atoms with Crippen LogP contribution in [0.5, 0.6) is 0 Å². The zero-order valence-corrected chi connectivity index (χ0v) is 27.8. The molecule has 48 heavy (non-hydrogen) atoms. The Labute approximate surface area is 281 Å². The maximum Gasteiger partial charge on any atom is 0.380 e. The van der Waals surface area contributed by atoms with Crippen LogP contribution in [0.4, 0.5) is 26.3 Å². The zero-order valence-electron chi connectivity index (χ0n) is 26.2. The van der Waals surface area contributed by atoms with Gasteiger partial charge in [-0.2, -0.15) is 26.3 Å². The first-order chi connectivity index (χ1) is 22.8. The molecule has 0 saturated heterocycles. The number of nitrogens with zero attached hydrogens (tertiary/aromatic N) is 1. The summed E-state index contributed by atoms with van der Waals surface area (Å²) in [5, 5.41) is 1.52. The normalized spacial score (nSPS) is 16.5. The number of benzene rings is 3. The van der Waals surface area contributed by atoms with Gasteiger partial charge in [-0.05, 0) is 49.8 Å². The van der Waals surface area contributed by atoms with Gasteiger partial charge in [-0.1, -0.05) is 84.9 Å². The van der Waals surface area contributed by atoms with Gasteiger partial charge in [-0.25, -0.2) is 4.98 Å². The van der Waals surface area contributed by atoms with Crippen LogP contribution >= 0.6 is 22.7 Å². The number of hydrogen-bond acceptors (Lipinski definition) is 3. The summed E-state index contributed by atoms with van der Waals surface area (Å²) in [4.78, 5) is 9.43. The van der Waals surface area contributed by atoms with Gasteiger partial charge in [0.1, 0.15) is 5.82 Å². The third kappa shape index (κ3) is 4.71. The van der Waals surface area contributed by atoms with E-state index in [0.29, 0.717) is 16.3 Å². The molecule has 0 unspecified atom stereocenters. The molecule has 0 aliphatic heterocycles. The van der Waals surface area contributed by atoms with E-state index in [1.54, 1.807) is 12.1 Å². The second-order valence-electron chi connectivity index (χ2n) is 11.9. The molecule has 0 atom stereocenters. The second-order valence-corrected chi connectivity index (χ2v) is 14.2. The third-order valence-corrected chi connectivity index (χ3v) is 11.2. The molecule has 3 heterocycles. The van der Waals surface area contributed by atoms with Crippen LogP contribution in [-0.4, -0.2) is 27.7 Å². The summed E-state index contributed by atoms with van der Waals surface area (Å²) in [7, 11) is 0. The Hall–Kier alpha value is -4.41. The molecular weight excluding hydrogens is 663 g/mol. The van der Waals surface area contributed by atoms with E-state index in [4.69, 9.17) is 4.98 Å². The number of imidazole rings is 1. The quantitative estimate of drug-likeness (QED) is 0.173. The van der Waals surface area contributed by atoms with Crippen molar-refractivity contribution < 1.29 is 26.3 Å². The number of aromatic nitrogens is 2. The Balaban J connectivity index is 1.33. The van der Waals surface area contributed by atoms with Crippen LogP contribution in [-0.2, 0) is 0 Å². The topological polar surface area (TPSA) is 28.7 Å². The Kier molecular flexibility index (Phi) is 7.60. The molecule has 0 bridgehead atoms. The molecule has 6 aromatic rings. The number of alkyl halides is 6. The van der Waals surface area contributed by atoms with Crippen LogP contribution in [0.1, 0.15) is 32.0 Å². The van der Waals surface area contributed by atoms with Crippen molar-refractivity contribution in [3.8, 4) is 44.3 Å². The molecule has 0 amide bonds. The fraction of sp³-hybridized carbons (Fsp3) is 0.184. The number of thiophene rings is 2. The summed E-state index contributed by atoms with van der Waals surface area (Å²) < 4.78 is 92.4. The molecule has 3 aromatic carbocycles. The van der Waals surface area contributed by atoms with Crippen LogP contribution < -0.4 is 0 Å². The van der Waals surface area contributed by atoms with E-state index in [0.717, 1.165) is 50.8 Å². The average Bonchev–Trinajstić information content (AvgIpc) is 3.77. The van der Waals surface area contributed by atoms with Gasteiger partial charge in [0.15, 0.2) is 0 Å². The van der Waals surface area contributed by atoms with E-state index in [1.165, 1.54) is 33.1 Å². The van der Waals surface area contributed by atoms with E-state index in [1.807, 2.05) is 72.8 Å². The Morgan fingerprint density at radius 2 is 1.15 bits per heavy atom. The van der Waals surface area contributed by atoms with Crippen LogP contribution in [0.25, 0.3) is 55.5 Å². The maximum atomic E-state index is 15.7. The number of hydrogen-bond donors (Lipinski definition) is 1. The highest BCUT2D eigenvalue weighted by Gasteiger charge is 2.80. The summed E-state index contributed by atoms with van der Waals surface area (Å²) >= 11 is 2.18. The van der Waals surface area contributed by atoms with Gasteiger partial charge in [0.05, 0.1) is 11.4 Å². The lowest BCUT2D eigenvalue weighted by molar-refractivity contribution is -0.254. The average molecular weight is 691 g/mol. The van der Waals surface area contributed by atoms with Gasteiger partial charge in [0.2, 0.25) is 0 Å². The zero-order chi connectivity index (χ0) is 34.2. The molecule has 0 saturated carbocycles. The first kappa shape index (κ1) is 32.2. The third-order valence-electron chi connectivity index (χ3n) is 8.88. The molecule has 10 heteroatoms. The Morgan fingerprint density at radius 1 is 0.604 bits per heavy atom. The van der Waals surface area contributed by atoms with Crippen molar-refractivity contribution in [3.63, 3.8) is 0 Å². The minimum Gasteiger partial charge on any atom is -0.337 e. The van der Waals surface area contributed by atoms with Gasteiger partial charge in [-0.15, -0.1) is 22.7 Å². The van der Waals surface area contributed by atoms with Gasteiger partial charge in [-0.3, -0.25) is 0 Å². The minimum absolute atomic E-state index is 0.240. The molecule has 0 fully saturated rings. The van der Waals surface area contributed by atoms with E-state index < -0.39 is 28.9 Å². The molecule has 1 N–H and O–H groups in total. The van der Waals surface area contributed by atoms with E-state index >= 15 is 26.3 Å². The summed E-state index contributed by atoms with van der Waals surface area (Å²) in [6.45, 7) is 5.98. The number of H-pyrrole nitrogens is 1. The lowest BCUT2D eigenvalue weighted by Crippen LogP contribution is -2.49. The van der Waals surface area contributed by atoms with E-state index in [2.05, 4.69) is 4.98 Å². The molecule has 3 aromatic heterocycles. The minimum atomic E-state index is -5.60. The molecule has 1 aliphatic carbocycles. The standard InChI is InChI=1S/C38H28F6N2S2/c1-20-19-47-22(3)28(20)30-31(37(41,42)38(43,44)36(30,39)40)29-21(2)34(48-23(29)4)26-15-17-27(18-16-26)35-45-32(24-11-7-5-8-12-24)33(46-35)25-13-9-6-10-14-25/h5-19H,1-4H3,(H,45,46). The number of aromatic amines is 1. The largest absolute Gasteiger partial charge is 0.380 e. The van der Waals surface area contributed by atoms with E-state index in [9.17, 15) is 0 Å². The van der Waals surface area contributed by atoms with Crippen molar-refractivity contribution in [1.82, 2.24) is 9.97 Å². The SMILES string of the molecule is Cc1csc(C)c1C1=C(c2c(C)sc(-c3ccc(-c4nc(-c5ccccc5)c(-c5ccccc5)[nH]4)cc3)c2C)C(F)(F)C(F)(F)C1(F)F. The highest BCUT2D eigenvalue weighted by Crippen LogP contribution is 2.66. The molecule has 7 rings (SSSR count). The summed E-state index contributed by atoms with van der Waals surface area (Å²) in [6, 6.07) is 26.9. The van der Waals surface area contributed by atoms with Crippen molar-refractivity contribution in [2.45, 2.75) is 45.5 Å². The van der Waals surface area contributed by atoms with Gasteiger partial charge >= 0.3 is 17.8 Å². The molecular formula is C38H28F6N2S2. The van der Waals surface area contributed by atoms with Crippen molar-refractivity contribution in [2.24, 2.45) is 0 Å². The summed E-state index contributed by atoms with van der Waals surface area (Å²) in [5.74, 6) is -15.2. The summed E-state index contributed by atoms with van der Waals surface area (Å²) in [5.41, 5.74) is 2.34. The number of nitrogens with one attached hydrogen (secondary N) is 1. The first-order valence-corrected chi connectivity index (χ1v) is 16.8. The molecule has 2 nitrogen and oxygen atoms in total. The fourth-order valence-electron chi connectivity index (χ4n) is 6.54. The lowest BCUT2D eigenvalue weighted by Gasteiger charge is -2.26. The van der Waals surface area contributed by atoms with Gasteiger partial charge < -0.3 is 4.98 Å². The summed E-state index contributed by atoms with van der Waals surface area (Å²) in [6.07, 6.45) is 0. The van der Waals surface area contributed by atoms with Crippen molar-refractivity contribution >= 4 is 33.8 Å². The van der Waals surface area contributed by atoms with Crippen LogP contribution in [0.15, 0.2) is 90.3 Å². The maximum absolute atomic E-state index is 15.7. The number of aryl methyl sites for hydroxylation is 3. The monoisotopic (exact) mass is 690 g/mol. The van der Waals surface area contributed by atoms with Crippen molar-refractivity contribution in [1.29, 1.82) is 0 Å². The number of halogens is 6. The predicted octanol–water partition coefficient (Wildman–Crippen LogP) is 12.3. The number of rotatable bonds is 6. The molecule has 1 aliphatic rings. The van der Waals surface area contributed by atoms with Crippen LogP contribution in [0.2, 0.25) is 0 Å².